The number of aromatic nitrogens is 2. The maximum absolute atomic E-state index is 5.27. The van der Waals surface area contributed by atoms with Crippen LogP contribution in [0.1, 0.15) is 25.5 Å². The van der Waals surface area contributed by atoms with Crippen LogP contribution in [0.3, 0.4) is 0 Å². The molecule has 20 heavy (non-hydrogen) atoms. The third-order valence-electron chi connectivity index (χ3n) is 3.37. The Labute approximate surface area is 125 Å². The Bertz CT molecular complexity index is 569. The van der Waals surface area contributed by atoms with Crippen molar-refractivity contribution in [3.63, 3.8) is 0 Å². The zero-order chi connectivity index (χ0) is 14.8. The Morgan fingerprint density at radius 1 is 1.25 bits per heavy atom. The summed E-state index contributed by atoms with van der Waals surface area (Å²) in [7, 11) is 3.38. The molecule has 0 spiro atoms. The molecule has 110 valence electrons. The van der Waals surface area contributed by atoms with Crippen LogP contribution in [0.15, 0.2) is 24.4 Å². The molecule has 0 bridgehead atoms. The molecule has 4 nitrogen and oxygen atoms in total. The van der Waals surface area contributed by atoms with Crippen molar-refractivity contribution in [2.45, 2.75) is 24.6 Å². The van der Waals surface area contributed by atoms with Gasteiger partial charge in [0.2, 0.25) is 0 Å². The molecule has 0 aliphatic heterocycles. The van der Waals surface area contributed by atoms with Gasteiger partial charge in [-0.3, -0.25) is 4.68 Å². The Kier molecular flexibility index (Phi) is 4.73. The first-order valence-electron chi connectivity index (χ1n) is 6.65. The lowest BCUT2D eigenvalue weighted by atomic mass is 10.0. The average Bonchev–Trinajstić information content (AvgIpc) is 2.80. The summed E-state index contributed by atoms with van der Waals surface area (Å²) in [6.45, 7) is 5.30. The lowest BCUT2D eigenvalue weighted by Crippen LogP contribution is -2.21. The van der Waals surface area contributed by atoms with Crippen molar-refractivity contribution in [3.05, 3.63) is 30.0 Å². The van der Waals surface area contributed by atoms with Gasteiger partial charge in [0.15, 0.2) is 0 Å². The number of fused-ring (bicyclic) bond motifs is 1. The highest BCUT2D eigenvalue weighted by molar-refractivity contribution is 7.81. The van der Waals surface area contributed by atoms with Crippen LogP contribution in [0, 0.1) is 0 Å². The maximum Gasteiger partial charge on any atom is 0.0992 e. The molecular formula is C15H22N2O2S. The predicted molar refractivity (Wildman–Crippen MR) is 84.5 cm³/mol. The summed E-state index contributed by atoms with van der Waals surface area (Å²) in [5, 5.41) is 5.60. The molecule has 0 aliphatic rings. The second-order valence-corrected chi connectivity index (χ2v) is 6.60. The molecule has 0 N–H and O–H groups in total. The molecular weight excluding hydrogens is 272 g/mol. The van der Waals surface area contributed by atoms with Gasteiger partial charge in [0, 0.05) is 24.4 Å². The van der Waals surface area contributed by atoms with Gasteiger partial charge in [-0.25, -0.2) is 0 Å². The first kappa shape index (κ1) is 15.4. The van der Waals surface area contributed by atoms with Gasteiger partial charge < -0.3 is 9.47 Å². The lowest BCUT2D eigenvalue weighted by molar-refractivity contribution is 0.0859. The second-order valence-electron chi connectivity index (χ2n) is 5.49. The van der Waals surface area contributed by atoms with Crippen LogP contribution in [0.5, 0.6) is 0 Å². The molecule has 0 amide bonds. The summed E-state index contributed by atoms with van der Waals surface area (Å²) < 4.78 is 12.3. The normalized spacial score (nSPS) is 12.5. The number of hydrogen-bond acceptors (Lipinski definition) is 4. The second kappa shape index (κ2) is 6.16. The zero-order valence-electron chi connectivity index (χ0n) is 12.5. The lowest BCUT2D eigenvalue weighted by Gasteiger charge is -2.20. The standard InChI is InChI=1S/C15H22N2O2S/c1-15(2,20)12-6-5-11-8-16-17(14(11)7-12)13(9-18-3)10-19-4/h5-8,13,20H,9-10H2,1-4H3. The minimum absolute atomic E-state index is 0.0702. The van der Waals surface area contributed by atoms with Crippen LogP contribution in [-0.4, -0.2) is 37.2 Å². The first-order chi connectivity index (χ1) is 9.47. The summed E-state index contributed by atoms with van der Waals surface area (Å²) in [6.07, 6.45) is 1.88. The molecule has 5 heteroatoms. The Morgan fingerprint density at radius 3 is 2.45 bits per heavy atom. The molecule has 0 aliphatic carbocycles. The first-order valence-corrected chi connectivity index (χ1v) is 7.10. The number of thiol groups is 1. The van der Waals surface area contributed by atoms with Crippen molar-refractivity contribution in [1.82, 2.24) is 9.78 Å². The van der Waals surface area contributed by atoms with Crippen LogP contribution < -0.4 is 0 Å². The summed E-state index contributed by atoms with van der Waals surface area (Å²) in [5.41, 5.74) is 2.26. The molecule has 1 aromatic heterocycles. The fourth-order valence-electron chi connectivity index (χ4n) is 2.28. The van der Waals surface area contributed by atoms with Crippen LogP contribution in [0.2, 0.25) is 0 Å². The van der Waals surface area contributed by atoms with Crippen LogP contribution in [0.25, 0.3) is 10.9 Å². The van der Waals surface area contributed by atoms with E-state index in [0.29, 0.717) is 13.2 Å². The molecule has 2 aromatic rings. The van der Waals surface area contributed by atoms with E-state index in [0.717, 1.165) is 10.9 Å². The fraction of sp³-hybridized carbons (Fsp3) is 0.533. The Hall–Kier alpha value is -1.04. The maximum atomic E-state index is 5.27. The van der Waals surface area contributed by atoms with E-state index in [9.17, 15) is 0 Å². The SMILES string of the molecule is COCC(COC)n1ncc2ccc(C(C)(C)S)cc21. The summed E-state index contributed by atoms with van der Waals surface area (Å²) in [5.74, 6) is 0. The molecule has 0 atom stereocenters. The van der Waals surface area contributed by atoms with Gasteiger partial charge in [0.25, 0.3) is 0 Å². The third kappa shape index (κ3) is 3.16. The molecule has 1 aromatic carbocycles. The van der Waals surface area contributed by atoms with Crippen molar-refractivity contribution >= 4 is 23.5 Å². The van der Waals surface area contributed by atoms with Crippen LogP contribution in [0.4, 0.5) is 0 Å². The van der Waals surface area contributed by atoms with E-state index in [-0.39, 0.29) is 10.8 Å². The van der Waals surface area contributed by atoms with E-state index in [2.05, 4.69) is 49.8 Å². The quantitative estimate of drug-likeness (QED) is 0.832. The van der Waals surface area contributed by atoms with Crippen molar-refractivity contribution in [1.29, 1.82) is 0 Å². The predicted octanol–water partition coefficient (Wildman–Crippen LogP) is 3.04. The Morgan fingerprint density at radius 2 is 1.90 bits per heavy atom. The van der Waals surface area contributed by atoms with E-state index in [1.807, 2.05) is 10.9 Å². The summed E-state index contributed by atoms with van der Waals surface area (Å²) in [6, 6.07) is 6.40. The number of methoxy groups -OCH3 is 2. The van der Waals surface area contributed by atoms with E-state index in [4.69, 9.17) is 9.47 Å². The van der Waals surface area contributed by atoms with Gasteiger partial charge in [0.1, 0.15) is 0 Å². The van der Waals surface area contributed by atoms with Gasteiger partial charge in [0.05, 0.1) is 31.0 Å². The van der Waals surface area contributed by atoms with E-state index in [1.54, 1.807) is 14.2 Å². The van der Waals surface area contributed by atoms with Crippen molar-refractivity contribution < 1.29 is 9.47 Å². The van der Waals surface area contributed by atoms with Crippen LogP contribution >= 0.6 is 12.6 Å². The summed E-state index contributed by atoms with van der Waals surface area (Å²) in [4.78, 5) is 0. The topological polar surface area (TPSA) is 36.3 Å². The largest absolute Gasteiger partial charge is 0.382 e. The van der Waals surface area contributed by atoms with Crippen LogP contribution in [-0.2, 0) is 14.2 Å². The van der Waals surface area contributed by atoms with Crippen molar-refractivity contribution in [2.75, 3.05) is 27.4 Å². The number of hydrogen-bond donors (Lipinski definition) is 1. The average molecular weight is 294 g/mol. The molecule has 0 saturated heterocycles. The number of ether oxygens (including phenoxy) is 2. The fourth-order valence-corrected chi connectivity index (χ4v) is 2.42. The van der Waals surface area contributed by atoms with Crippen molar-refractivity contribution in [3.8, 4) is 0 Å². The summed E-state index contributed by atoms with van der Waals surface area (Å²) >= 11 is 4.64. The van der Waals surface area contributed by atoms with Gasteiger partial charge in [-0.1, -0.05) is 12.1 Å². The molecule has 2 rings (SSSR count). The van der Waals surface area contributed by atoms with Gasteiger partial charge in [-0.2, -0.15) is 17.7 Å². The number of rotatable bonds is 6. The zero-order valence-corrected chi connectivity index (χ0v) is 13.4. The highest BCUT2D eigenvalue weighted by atomic mass is 32.1. The number of benzene rings is 1. The van der Waals surface area contributed by atoms with Gasteiger partial charge in [-0.15, -0.1) is 0 Å². The van der Waals surface area contributed by atoms with Gasteiger partial charge in [-0.05, 0) is 25.5 Å². The molecule has 1 heterocycles. The molecule has 0 radical (unpaired) electrons. The monoisotopic (exact) mass is 294 g/mol. The smallest absolute Gasteiger partial charge is 0.0992 e. The Balaban J connectivity index is 2.47. The van der Waals surface area contributed by atoms with E-state index < -0.39 is 0 Å². The highest BCUT2D eigenvalue weighted by Gasteiger charge is 2.19. The minimum atomic E-state index is -0.179. The minimum Gasteiger partial charge on any atom is -0.382 e. The third-order valence-corrected chi connectivity index (χ3v) is 3.63. The van der Waals surface area contributed by atoms with E-state index >= 15 is 0 Å². The van der Waals surface area contributed by atoms with Crippen molar-refractivity contribution in [2.24, 2.45) is 0 Å². The highest BCUT2D eigenvalue weighted by Crippen LogP contribution is 2.30. The van der Waals surface area contributed by atoms with E-state index in [1.165, 1.54) is 5.56 Å². The van der Waals surface area contributed by atoms with Gasteiger partial charge >= 0.3 is 0 Å². The molecule has 0 fully saturated rings. The molecule has 0 unspecified atom stereocenters. The number of nitrogens with zero attached hydrogens (tertiary/aromatic N) is 2. The molecule has 0 saturated carbocycles.